The Morgan fingerprint density at radius 1 is 0.455 bits per heavy atom. The molecular formula is H7NaO16P5. The van der Waals surface area contributed by atoms with Gasteiger partial charge < -0.3 is 34.3 Å². The first-order chi connectivity index (χ1) is 8.83. The molecule has 16 nitrogen and oxygen atoms in total. The number of rotatable bonds is 8. The summed E-state index contributed by atoms with van der Waals surface area (Å²) in [6.07, 6.45) is 0. The van der Waals surface area contributed by atoms with Gasteiger partial charge in [-0.1, -0.05) is 0 Å². The van der Waals surface area contributed by atoms with E-state index in [1.807, 2.05) is 0 Å². The van der Waals surface area contributed by atoms with E-state index in [9.17, 15) is 22.8 Å². The van der Waals surface area contributed by atoms with E-state index in [0.29, 0.717) is 0 Å². The zero-order valence-electron chi connectivity index (χ0n) is 10.0. The van der Waals surface area contributed by atoms with E-state index >= 15 is 0 Å². The molecule has 0 aliphatic carbocycles. The molecule has 22 heteroatoms. The van der Waals surface area contributed by atoms with Crippen LogP contribution in [0, 0.1) is 0 Å². The summed E-state index contributed by atoms with van der Waals surface area (Å²) < 4.78 is 65.6. The zero-order chi connectivity index (χ0) is 17.3. The van der Waals surface area contributed by atoms with E-state index in [4.69, 9.17) is 34.3 Å². The minimum atomic E-state index is -6.07. The van der Waals surface area contributed by atoms with E-state index < -0.39 is 39.1 Å². The second kappa shape index (κ2) is 8.39. The molecule has 0 amide bonds. The Kier molecular flexibility index (Phi) is 9.90. The standard InChI is InChI=1S/Na.H7O16P5/c;1-17(2,3)13-19(7,8)15-21(11,12)16-20(9,10)14-18(4,5)6/h;(H,7,8)(H,9,10)(H,11,12)(H2,1,2,3)(H2,4,5,6). The maximum Gasteiger partial charge on any atom is 0.490 e. The fourth-order valence-electron chi connectivity index (χ4n) is 0.574. The van der Waals surface area contributed by atoms with Gasteiger partial charge in [-0.15, -0.1) is 0 Å². The first-order valence-electron chi connectivity index (χ1n) is 3.77. The molecule has 0 spiro atoms. The van der Waals surface area contributed by atoms with Crippen LogP contribution < -0.4 is 0 Å². The van der Waals surface area contributed by atoms with E-state index in [1.165, 1.54) is 0 Å². The van der Waals surface area contributed by atoms with Crippen molar-refractivity contribution in [1.82, 2.24) is 0 Å². The smallest absolute Gasteiger partial charge is 0.302 e. The summed E-state index contributed by atoms with van der Waals surface area (Å²) in [6.45, 7) is 0. The van der Waals surface area contributed by atoms with E-state index in [2.05, 4.69) is 17.2 Å². The molecule has 0 aromatic carbocycles. The Labute approximate surface area is 143 Å². The quantitative estimate of drug-likeness (QED) is 0.179. The second-order valence-corrected chi connectivity index (χ2v) is 10.1. The maximum atomic E-state index is 11.0. The number of hydrogen-bond acceptors (Lipinski definition) is 9. The van der Waals surface area contributed by atoms with Crippen LogP contribution in [0.2, 0.25) is 0 Å². The minimum absolute atomic E-state index is 0. The van der Waals surface area contributed by atoms with Crippen LogP contribution in [0.5, 0.6) is 0 Å². The molecule has 1 radical (unpaired) electrons. The van der Waals surface area contributed by atoms with E-state index in [-0.39, 0.29) is 29.6 Å². The molecule has 22 heavy (non-hydrogen) atoms. The van der Waals surface area contributed by atoms with E-state index in [0.717, 1.165) is 0 Å². The normalized spacial score (nSPS) is 21.0. The predicted octanol–water partition coefficient (Wildman–Crippen LogP) is -0.841. The van der Waals surface area contributed by atoms with Crippen LogP contribution in [0.3, 0.4) is 0 Å². The molecule has 0 saturated carbocycles. The van der Waals surface area contributed by atoms with Crippen molar-refractivity contribution in [1.29, 1.82) is 0 Å². The summed E-state index contributed by atoms with van der Waals surface area (Å²) in [5, 5.41) is 0. The molecule has 0 saturated heterocycles. The topological polar surface area (TPSA) is 264 Å². The average molecular weight is 441 g/mol. The molecule has 0 fully saturated rings. The zero-order valence-corrected chi connectivity index (χ0v) is 16.5. The molecule has 2 unspecified atom stereocenters. The third-order valence-corrected chi connectivity index (χ3v) is 7.49. The minimum Gasteiger partial charge on any atom is -0.302 e. The van der Waals surface area contributed by atoms with Crippen molar-refractivity contribution in [3.05, 3.63) is 0 Å². The van der Waals surface area contributed by atoms with Crippen molar-refractivity contribution >= 4 is 68.7 Å². The molecule has 0 rings (SSSR count). The van der Waals surface area contributed by atoms with Crippen molar-refractivity contribution in [2.45, 2.75) is 0 Å². The third-order valence-electron chi connectivity index (χ3n) is 0.832. The van der Waals surface area contributed by atoms with Gasteiger partial charge in [0, 0.05) is 29.6 Å². The molecule has 2 atom stereocenters. The van der Waals surface area contributed by atoms with Crippen LogP contribution >= 0.6 is 39.1 Å². The van der Waals surface area contributed by atoms with Gasteiger partial charge in [0.25, 0.3) is 0 Å². The summed E-state index contributed by atoms with van der Waals surface area (Å²) in [4.78, 5) is 58.7. The first kappa shape index (κ1) is 25.9. The fraction of sp³-hybridized carbons (Fsp3) is 0. The Morgan fingerprint density at radius 3 is 0.818 bits per heavy atom. The van der Waals surface area contributed by atoms with Gasteiger partial charge in [-0.05, 0) is 0 Å². The summed E-state index contributed by atoms with van der Waals surface area (Å²) in [5.74, 6) is 0. The third kappa shape index (κ3) is 14.1. The molecule has 129 valence electrons. The van der Waals surface area contributed by atoms with Crippen molar-refractivity contribution in [2.24, 2.45) is 0 Å². The van der Waals surface area contributed by atoms with E-state index in [1.54, 1.807) is 0 Å². The van der Waals surface area contributed by atoms with Crippen molar-refractivity contribution < 1.29 is 74.3 Å². The molecule has 0 aromatic rings. The summed E-state index contributed by atoms with van der Waals surface area (Å²) in [6, 6.07) is 0. The monoisotopic (exact) mass is 441 g/mol. The van der Waals surface area contributed by atoms with Crippen LogP contribution in [0.4, 0.5) is 0 Å². The molecule has 0 aromatic heterocycles. The SMILES string of the molecule is O=P(O)(O)OP(=O)(O)OP(=O)(O)OP(=O)(O)OP(=O)(O)O.[Na]. The summed E-state index contributed by atoms with van der Waals surface area (Å²) in [5.41, 5.74) is 0. The molecule has 0 aliphatic heterocycles. The maximum absolute atomic E-state index is 11.0. The first-order valence-corrected chi connectivity index (χ1v) is 11.3. The number of phosphoric acid groups is 5. The van der Waals surface area contributed by atoms with Gasteiger partial charge in [-0.3, -0.25) is 0 Å². The molecule has 0 heterocycles. The molecular weight excluding hydrogens is 434 g/mol. The predicted molar refractivity (Wildman–Crippen MR) is 63.7 cm³/mol. The van der Waals surface area contributed by atoms with Crippen molar-refractivity contribution in [2.75, 3.05) is 0 Å². The second-order valence-electron chi connectivity index (χ2n) is 2.71. The number of hydrogen-bond donors (Lipinski definition) is 7. The Morgan fingerprint density at radius 2 is 0.636 bits per heavy atom. The Hall–Kier alpha value is 1.71. The van der Waals surface area contributed by atoms with Crippen molar-refractivity contribution in [3.63, 3.8) is 0 Å². The summed E-state index contributed by atoms with van der Waals surface area (Å²) in [7, 11) is -29.3. The van der Waals surface area contributed by atoms with Gasteiger partial charge in [0.2, 0.25) is 0 Å². The van der Waals surface area contributed by atoms with Crippen LogP contribution in [0.25, 0.3) is 0 Å². The van der Waals surface area contributed by atoms with Gasteiger partial charge in [0.05, 0.1) is 0 Å². The van der Waals surface area contributed by atoms with Gasteiger partial charge in [0.15, 0.2) is 0 Å². The Bertz CT molecular complexity index is 552. The average Bonchev–Trinajstić information content (AvgIpc) is 1.83. The van der Waals surface area contributed by atoms with Crippen LogP contribution in [-0.4, -0.2) is 63.8 Å². The molecule has 0 aliphatic rings. The van der Waals surface area contributed by atoms with Gasteiger partial charge in [0.1, 0.15) is 0 Å². The van der Waals surface area contributed by atoms with Crippen molar-refractivity contribution in [3.8, 4) is 0 Å². The molecule has 0 bridgehead atoms. The Balaban J connectivity index is 0. The van der Waals surface area contributed by atoms with Crippen LogP contribution in [0.1, 0.15) is 0 Å². The summed E-state index contributed by atoms with van der Waals surface area (Å²) >= 11 is 0. The van der Waals surface area contributed by atoms with Crippen LogP contribution in [0.15, 0.2) is 0 Å². The fourth-order valence-corrected chi connectivity index (χ4v) is 5.97. The van der Waals surface area contributed by atoms with Gasteiger partial charge in [-0.25, -0.2) is 22.8 Å². The van der Waals surface area contributed by atoms with Crippen LogP contribution in [-0.2, 0) is 40.1 Å². The largest absolute Gasteiger partial charge is 0.490 e. The van der Waals surface area contributed by atoms with Gasteiger partial charge in [-0.2, -0.15) is 17.2 Å². The molecule has 7 N–H and O–H groups in total. The van der Waals surface area contributed by atoms with Gasteiger partial charge >= 0.3 is 39.1 Å².